The first-order valence-corrected chi connectivity index (χ1v) is 6.15. The fraction of sp³-hybridized carbons (Fsp3) is 0.545. The van der Waals surface area contributed by atoms with Crippen LogP contribution in [0.2, 0.25) is 0 Å². The molecular weight excluding hydrogens is 196 g/mol. The monoisotopic (exact) mass is 210 g/mol. The van der Waals surface area contributed by atoms with Crippen LogP contribution in [0, 0.1) is 5.92 Å². The van der Waals surface area contributed by atoms with Gasteiger partial charge >= 0.3 is 0 Å². The summed E-state index contributed by atoms with van der Waals surface area (Å²) in [5.41, 5.74) is 0.725. The fourth-order valence-electron chi connectivity index (χ4n) is 1.75. The maximum Gasteiger partial charge on any atom is 0.166 e. The van der Waals surface area contributed by atoms with Crippen molar-refractivity contribution in [2.45, 2.75) is 19.3 Å². The maximum atomic E-state index is 11.7. The lowest BCUT2D eigenvalue weighted by atomic mass is 9.94. The Hall–Kier alpha value is -0.700. The second-order valence-electron chi connectivity index (χ2n) is 3.70. The van der Waals surface area contributed by atoms with Gasteiger partial charge in [0.1, 0.15) is 6.26 Å². The van der Waals surface area contributed by atoms with Crippen molar-refractivity contribution in [1.29, 1.82) is 0 Å². The van der Waals surface area contributed by atoms with Crippen molar-refractivity contribution in [1.82, 2.24) is 0 Å². The van der Waals surface area contributed by atoms with Crippen LogP contribution in [0.3, 0.4) is 0 Å². The van der Waals surface area contributed by atoms with Crippen molar-refractivity contribution in [2.24, 2.45) is 5.92 Å². The Morgan fingerprint density at radius 3 is 2.93 bits per heavy atom. The fourth-order valence-corrected chi connectivity index (χ4v) is 2.96. The quantitative estimate of drug-likeness (QED) is 0.718. The van der Waals surface area contributed by atoms with E-state index in [1.165, 1.54) is 24.3 Å². The highest BCUT2D eigenvalue weighted by molar-refractivity contribution is 7.99. The van der Waals surface area contributed by atoms with Gasteiger partial charge in [-0.3, -0.25) is 4.79 Å². The molecule has 1 saturated heterocycles. The van der Waals surface area contributed by atoms with Gasteiger partial charge in [-0.05, 0) is 36.3 Å². The van der Waals surface area contributed by atoms with E-state index in [0.717, 1.165) is 5.56 Å². The lowest BCUT2D eigenvalue weighted by Crippen LogP contribution is -2.14. The minimum absolute atomic E-state index is 0.232. The molecule has 14 heavy (non-hydrogen) atoms. The van der Waals surface area contributed by atoms with Crippen LogP contribution in [0.4, 0.5) is 0 Å². The Morgan fingerprint density at radius 2 is 2.29 bits per heavy atom. The molecule has 0 atom stereocenters. The summed E-state index contributed by atoms with van der Waals surface area (Å²) in [5.74, 6) is 3.25. The van der Waals surface area contributed by atoms with Gasteiger partial charge in [-0.2, -0.15) is 11.8 Å². The number of hydrogen-bond acceptors (Lipinski definition) is 3. The van der Waals surface area contributed by atoms with Crippen molar-refractivity contribution in [3.05, 3.63) is 24.2 Å². The minimum atomic E-state index is 0.232. The second kappa shape index (κ2) is 4.69. The zero-order valence-corrected chi connectivity index (χ0v) is 8.89. The molecule has 0 radical (unpaired) electrons. The molecule has 1 aromatic rings. The van der Waals surface area contributed by atoms with E-state index in [4.69, 9.17) is 4.42 Å². The molecule has 0 aliphatic carbocycles. The summed E-state index contributed by atoms with van der Waals surface area (Å²) in [6.45, 7) is 0. The van der Waals surface area contributed by atoms with Gasteiger partial charge in [-0.25, -0.2) is 0 Å². The van der Waals surface area contributed by atoms with Gasteiger partial charge < -0.3 is 4.42 Å². The lowest BCUT2D eigenvalue weighted by molar-refractivity contribution is 0.0958. The zero-order valence-electron chi connectivity index (χ0n) is 8.07. The van der Waals surface area contributed by atoms with Crippen molar-refractivity contribution in [3.8, 4) is 0 Å². The third kappa shape index (κ3) is 2.41. The van der Waals surface area contributed by atoms with E-state index in [9.17, 15) is 4.79 Å². The molecule has 1 aromatic heterocycles. The molecule has 0 amide bonds. The summed E-state index contributed by atoms with van der Waals surface area (Å²) in [6.07, 6.45) is 6.17. The van der Waals surface area contributed by atoms with Gasteiger partial charge in [0.25, 0.3) is 0 Å². The van der Waals surface area contributed by atoms with Crippen molar-refractivity contribution in [3.63, 3.8) is 0 Å². The number of thioether (sulfide) groups is 1. The molecular formula is C11H14O2S. The smallest absolute Gasteiger partial charge is 0.166 e. The molecule has 76 valence electrons. The highest BCUT2D eigenvalue weighted by Gasteiger charge is 2.18. The van der Waals surface area contributed by atoms with E-state index in [2.05, 4.69) is 0 Å². The van der Waals surface area contributed by atoms with Gasteiger partial charge in [0.2, 0.25) is 0 Å². The van der Waals surface area contributed by atoms with Crippen LogP contribution in [0.25, 0.3) is 0 Å². The third-order valence-corrected chi connectivity index (χ3v) is 3.71. The minimum Gasteiger partial charge on any atom is -0.472 e. The van der Waals surface area contributed by atoms with Crippen molar-refractivity contribution >= 4 is 17.5 Å². The molecule has 0 saturated carbocycles. The van der Waals surface area contributed by atoms with Crippen LogP contribution in [-0.2, 0) is 0 Å². The molecule has 0 spiro atoms. The molecule has 1 aliphatic heterocycles. The molecule has 0 unspecified atom stereocenters. The van der Waals surface area contributed by atoms with Crippen LogP contribution < -0.4 is 0 Å². The first-order chi connectivity index (χ1) is 6.86. The molecule has 2 rings (SSSR count). The van der Waals surface area contributed by atoms with Crippen LogP contribution in [0.15, 0.2) is 23.0 Å². The van der Waals surface area contributed by atoms with E-state index < -0.39 is 0 Å². The summed E-state index contributed by atoms with van der Waals surface area (Å²) in [7, 11) is 0. The lowest BCUT2D eigenvalue weighted by Gasteiger charge is -2.19. The van der Waals surface area contributed by atoms with Crippen LogP contribution >= 0.6 is 11.8 Å². The number of carbonyl (C=O) groups excluding carboxylic acids is 1. The van der Waals surface area contributed by atoms with Gasteiger partial charge in [0, 0.05) is 6.42 Å². The Labute approximate surface area is 88.1 Å². The Morgan fingerprint density at radius 1 is 1.50 bits per heavy atom. The van der Waals surface area contributed by atoms with Crippen molar-refractivity contribution < 1.29 is 9.21 Å². The van der Waals surface area contributed by atoms with Crippen LogP contribution in [-0.4, -0.2) is 17.3 Å². The molecule has 0 bridgehead atoms. The number of Topliss-reactive ketones (excluding diaryl/α,β-unsaturated/α-hetero) is 1. The molecule has 1 aliphatic rings. The average molecular weight is 210 g/mol. The highest BCUT2D eigenvalue weighted by Crippen LogP contribution is 2.26. The van der Waals surface area contributed by atoms with E-state index in [-0.39, 0.29) is 5.78 Å². The van der Waals surface area contributed by atoms with Crippen molar-refractivity contribution in [2.75, 3.05) is 11.5 Å². The number of carbonyl (C=O) groups is 1. The summed E-state index contributed by atoms with van der Waals surface area (Å²) in [5, 5.41) is 0. The number of furan rings is 1. The van der Waals surface area contributed by atoms with E-state index in [1.54, 1.807) is 18.6 Å². The van der Waals surface area contributed by atoms with Gasteiger partial charge in [-0.1, -0.05) is 0 Å². The summed E-state index contributed by atoms with van der Waals surface area (Å²) < 4.78 is 4.90. The molecule has 0 aromatic carbocycles. The zero-order chi connectivity index (χ0) is 9.80. The predicted octanol–water partition coefficient (Wildman–Crippen LogP) is 3.00. The van der Waals surface area contributed by atoms with Gasteiger partial charge in [0.15, 0.2) is 5.78 Å². The van der Waals surface area contributed by atoms with E-state index >= 15 is 0 Å². The molecule has 0 N–H and O–H groups in total. The summed E-state index contributed by atoms with van der Waals surface area (Å²) in [4.78, 5) is 11.7. The largest absolute Gasteiger partial charge is 0.472 e. The number of hydrogen-bond donors (Lipinski definition) is 0. The van der Waals surface area contributed by atoms with Gasteiger partial charge in [-0.15, -0.1) is 0 Å². The topological polar surface area (TPSA) is 30.2 Å². The maximum absolute atomic E-state index is 11.7. The predicted molar refractivity (Wildman–Crippen MR) is 57.7 cm³/mol. The molecule has 2 nitrogen and oxygen atoms in total. The Balaban J connectivity index is 1.87. The summed E-state index contributed by atoms with van der Waals surface area (Å²) in [6, 6.07) is 1.75. The first-order valence-electron chi connectivity index (χ1n) is 4.99. The SMILES string of the molecule is O=C(CC1CCSCC1)c1ccoc1. The Bertz CT molecular complexity index is 286. The first kappa shape index (κ1) is 9.84. The summed E-state index contributed by atoms with van der Waals surface area (Å²) >= 11 is 1.99. The molecule has 1 fully saturated rings. The molecule has 3 heteroatoms. The number of ketones is 1. The third-order valence-electron chi connectivity index (χ3n) is 2.66. The standard InChI is InChI=1S/C11H14O2S/c12-11(10-1-4-13-8-10)7-9-2-5-14-6-3-9/h1,4,8-9H,2-3,5-7H2. The van der Waals surface area contributed by atoms with Crippen LogP contribution in [0.5, 0.6) is 0 Å². The Kier molecular flexibility index (Phi) is 3.30. The van der Waals surface area contributed by atoms with Crippen LogP contribution in [0.1, 0.15) is 29.6 Å². The highest BCUT2D eigenvalue weighted by atomic mass is 32.2. The van der Waals surface area contributed by atoms with Gasteiger partial charge in [0.05, 0.1) is 11.8 Å². The second-order valence-corrected chi connectivity index (χ2v) is 4.92. The number of rotatable bonds is 3. The molecule has 2 heterocycles. The normalized spacial score (nSPS) is 18.3. The van der Waals surface area contributed by atoms with E-state index in [0.29, 0.717) is 12.3 Å². The van der Waals surface area contributed by atoms with E-state index in [1.807, 2.05) is 11.8 Å². The average Bonchev–Trinajstić information content (AvgIpc) is 2.72.